The van der Waals surface area contributed by atoms with E-state index in [1.54, 1.807) is 14.1 Å². The van der Waals surface area contributed by atoms with E-state index < -0.39 is 25.3 Å². The topological polar surface area (TPSA) is 115 Å². The van der Waals surface area contributed by atoms with Crippen LogP contribution in [-0.4, -0.2) is 63.0 Å². The molecule has 4 N–H and O–H groups in total. The summed E-state index contributed by atoms with van der Waals surface area (Å²) in [6, 6.07) is 0. The molecule has 1 atom stereocenters. The maximum absolute atomic E-state index is 11.0. The second-order valence-electron chi connectivity index (χ2n) is 4.39. The first-order valence-corrected chi connectivity index (χ1v) is 6.41. The maximum atomic E-state index is 11.0. The van der Waals surface area contributed by atoms with Gasteiger partial charge in [0, 0.05) is 6.42 Å². The molecule has 0 heterocycles. The first-order chi connectivity index (χ1) is 6.96. The number of hydrogen-bond acceptors (Lipinski definition) is 3. The minimum absolute atomic E-state index is 0. The zero-order chi connectivity index (χ0) is 13.2. The predicted octanol–water partition coefficient (Wildman–Crippen LogP) is -3.57. The van der Waals surface area contributed by atoms with Crippen molar-refractivity contribution in [2.75, 3.05) is 27.2 Å². The lowest BCUT2D eigenvalue weighted by atomic mass is 10.2. The van der Waals surface area contributed by atoms with Gasteiger partial charge in [0.1, 0.15) is 0 Å². The zero-order valence-corrected chi connectivity index (χ0v) is 13.1. The van der Waals surface area contributed by atoms with Gasteiger partial charge in [-0.2, -0.15) is 0 Å². The van der Waals surface area contributed by atoms with E-state index in [0.29, 0.717) is 11.0 Å². The number of aliphatic carboxylic acids is 1. The number of carboxylic acids is 1. The van der Waals surface area contributed by atoms with Crippen molar-refractivity contribution in [2.45, 2.75) is 18.7 Å². The third kappa shape index (κ3) is 5.19. The highest BCUT2D eigenvalue weighted by Crippen LogP contribution is 2.51. The van der Waals surface area contributed by atoms with Crippen molar-refractivity contribution in [3.8, 4) is 0 Å². The van der Waals surface area contributed by atoms with Gasteiger partial charge in [-0.25, -0.2) is 4.79 Å². The molecular formula is C8H19INO6P. The number of aliphatic hydroxyl groups is 1. The summed E-state index contributed by atoms with van der Waals surface area (Å²) in [5, 5.41) is 15.2. The van der Waals surface area contributed by atoms with E-state index in [-0.39, 0.29) is 30.5 Å². The summed E-state index contributed by atoms with van der Waals surface area (Å²) in [5.41, 5.74) is 0. The van der Waals surface area contributed by atoms with Gasteiger partial charge in [-0.1, -0.05) is 0 Å². The fraction of sp³-hybridized carbons (Fsp3) is 0.875. The Balaban J connectivity index is 0. The quantitative estimate of drug-likeness (QED) is 0.214. The molecular weight excluding hydrogens is 364 g/mol. The van der Waals surface area contributed by atoms with Gasteiger partial charge < -0.3 is 48.5 Å². The van der Waals surface area contributed by atoms with E-state index in [9.17, 15) is 14.5 Å². The van der Waals surface area contributed by atoms with Gasteiger partial charge in [0.2, 0.25) is 0 Å². The van der Waals surface area contributed by atoms with Crippen LogP contribution < -0.4 is 24.0 Å². The molecule has 0 fully saturated rings. The van der Waals surface area contributed by atoms with Gasteiger partial charge in [-0.15, -0.1) is 0 Å². The number of carbonyl (C=O) groups is 1. The number of carboxylic acid groups (broad SMARTS) is 1. The third-order valence-electron chi connectivity index (χ3n) is 2.75. The van der Waals surface area contributed by atoms with Gasteiger partial charge in [0.05, 0.1) is 27.2 Å². The second-order valence-corrected chi connectivity index (χ2v) is 6.22. The largest absolute Gasteiger partial charge is 1.00 e. The highest BCUT2D eigenvalue weighted by atomic mass is 127. The molecule has 0 spiro atoms. The molecule has 0 aliphatic carbocycles. The summed E-state index contributed by atoms with van der Waals surface area (Å²) in [6.07, 6.45) is -0.493. The summed E-state index contributed by atoms with van der Waals surface area (Å²) in [6.45, 7) is 2.68. The molecule has 104 valence electrons. The van der Waals surface area contributed by atoms with Crippen molar-refractivity contribution in [1.82, 2.24) is 0 Å². The third-order valence-corrected chi connectivity index (χ3v) is 4.12. The zero-order valence-electron chi connectivity index (χ0n) is 10.00. The number of rotatable bonds is 6. The number of halogens is 1. The van der Waals surface area contributed by atoms with Crippen LogP contribution in [-0.2, 0) is 9.36 Å². The van der Waals surface area contributed by atoms with Gasteiger partial charge in [-0.3, -0.25) is 4.57 Å². The monoisotopic (exact) mass is 383 g/mol. The summed E-state index contributed by atoms with van der Waals surface area (Å²) in [7, 11) is -1.53. The molecule has 0 amide bonds. The molecule has 0 rings (SSSR count). The van der Waals surface area contributed by atoms with Crippen LogP contribution in [0.15, 0.2) is 0 Å². The SMILES string of the molecule is CC[N+](C)(C)CCC(O)(C(=O)O)P(=O)(O)O.[I-]. The summed E-state index contributed by atoms with van der Waals surface area (Å²) < 4.78 is 11.3. The van der Waals surface area contributed by atoms with Crippen LogP contribution in [0.5, 0.6) is 0 Å². The molecule has 0 saturated heterocycles. The molecule has 0 aromatic heterocycles. The normalized spacial score (nSPS) is 15.9. The van der Waals surface area contributed by atoms with Crippen LogP contribution in [0.4, 0.5) is 0 Å². The Morgan fingerprint density at radius 3 is 2.00 bits per heavy atom. The van der Waals surface area contributed by atoms with Crippen molar-refractivity contribution in [2.24, 2.45) is 0 Å². The van der Waals surface area contributed by atoms with Crippen molar-refractivity contribution in [3.63, 3.8) is 0 Å². The second kappa shape index (κ2) is 6.44. The summed E-state index contributed by atoms with van der Waals surface area (Å²) in [5.74, 6) is -1.89. The van der Waals surface area contributed by atoms with Crippen molar-refractivity contribution < 1.29 is 57.8 Å². The van der Waals surface area contributed by atoms with Crippen LogP contribution >= 0.6 is 7.60 Å². The lowest BCUT2D eigenvalue weighted by molar-refractivity contribution is -0.889. The standard InChI is InChI=1S/C8H18NO6P.HI/c1-4-9(2,3)6-5-8(12,7(10)11)16(13,14)15;/h12H,4-6H2,1-3H3,(H2-,10,11,13,14,15);1H. The molecule has 0 aromatic carbocycles. The van der Waals surface area contributed by atoms with E-state index in [1.165, 1.54) is 0 Å². The highest BCUT2D eigenvalue weighted by molar-refractivity contribution is 7.54. The molecule has 0 radical (unpaired) electrons. The fourth-order valence-electron chi connectivity index (χ4n) is 0.994. The van der Waals surface area contributed by atoms with Crippen LogP contribution in [0.2, 0.25) is 0 Å². The molecule has 0 saturated carbocycles. The van der Waals surface area contributed by atoms with E-state index >= 15 is 0 Å². The lowest BCUT2D eigenvalue weighted by Crippen LogP contribution is -3.00. The first kappa shape index (κ1) is 19.6. The van der Waals surface area contributed by atoms with E-state index in [0.717, 1.165) is 0 Å². The van der Waals surface area contributed by atoms with Crippen molar-refractivity contribution in [3.05, 3.63) is 0 Å². The minimum atomic E-state index is -5.09. The average molecular weight is 383 g/mol. The number of hydrogen-bond donors (Lipinski definition) is 4. The molecule has 0 bridgehead atoms. The van der Waals surface area contributed by atoms with Crippen molar-refractivity contribution in [1.29, 1.82) is 0 Å². The number of nitrogens with zero attached hydrogens (tertiary/aromatic N) is 1. The molecule has 9 heteroatoms. The van der Waals surface area contributed by atoms with Crippen LogP contribution in [0.3, 0.4) is 0 Å². The van der Waals surface area contributed by atoms with Crippen molar-refractivity contribution >= 4 is 13.6 Å². The Labute approximate surface area is 117 Å². The van der Waals surface area contributed by atoms with Crippen LogP contribution in [0, 0.1) is 0 Å². The Hall–Kier alpha value is 0.270. The Bertz CT molecular complexity index is 317. The molecule has 17 heavy (non-hydrogen) atoms. The highest BCUT2D eigenvalue weighted by Gasteiger charge is 2.53. The molecule has 1 unspecified atom stereocenters. The van der Waals surface area contributed by atoms with E-state index in [2.05, 4.69) is 0 Å². The van der Waals surface area contributed by atoms with Gasteiger partial charge >= 0.3 is 13.6 Å². The van der Waals surface area contributed by atoms with E-state index in [1.807, 2.05) is 6.92 Å². The Morgan fingerprint density at radius 1 is 1.35 bits per heavy atom. The predicted molar refractivity (Wildman–Crippen MR) is 56.8 cm³/mol. The molecule has 0 aromatic rings. The number of quaternary nitrogens is 1. The molecule has 0 aliphatic heterocycles. The summed E-state index contributed by atoms with van der Waals surface area (Å²) in [4.78, 5) is 28.4. The van der Waals surface area contributed by atoms with E-state index in [4.69, 9.17) is 14.9 Å². The first-order valence-electron chi connectivity index (χ1n) is 4.80. The van der Waals surface area contributed by atoms with Crippen LogP contribution in [0.1, 0.15) is 13.3 Å². The van der Waals surface area contributed by atoms with Gasteiger partial charge in [-0.05, 0) is 6.92 Å². The molecule has 7 nitrogen and oxygen atoms in total. The minimum Gasteiger partial charge on any atom is -1.00 e. The molecule has 0 aliphatic rings. The van der Waals surface area contributed by atoms with Gasteiger partial charge in [0.25, 0.3) is 5.34 Å². The fourth-order valence-corrected chi connectivity index (χ4v) is 1.63. The Kier molecular flexibility index (Phi) is 7.43. The van der Waals surface area contributed by atoms with Crippen LogP contribution in [0.25, 0.3) is 0 Å². The maximum Gasteiger partial charge on any atom is 0.368 e. The average Bonchev–Trinajstić information content (AvgIpc) is 2.12. The van der Waals surface area contributed by atoms with Gasteiger partial charge in [0.15, 0.2) is 0 Å². The Morgan fingerprint density at radius 2 is 1.76 bits per heavy atom. The smallest absolute Gasteiger partial charge is 0.368 e. The summed E-state index contributed by atoms with van der Waals surface area (Å²) >= 11 is 0. The lowest BCUT2D eigenvalue weighted by Gasteiger charge is -2.32.